The number of aromatic carboxylic acids is 1. The number of ether oxygens (including phenoxy) is 2. The highest BCUT2D eigenvalue weighted by Gasteiger charge is 2.14. The maximum Gasteiger partial charge on any atom is 0.335 e. The van der Waals surface area contributed by atoms with Gasteiger partial charge in [0.25, 0.3) is 0 Å². The standard InChI is InChI=1S/C14H17ClO4/c15-13-7-11(14(16)17)1-2-12(13)9-19-8-10-3-5-18-6-4-10/h1-2,7,10H,3-6,8-9H2,(H,16,17). The second-order valence-electron chi connectivity index (χ2n) is 4.68. The highest BCUT2D eigenvalue weighted by atomic mass is 35.5. The molecule has 0 amide bonds. The van der Waals surface area contributed by atoms with Crippen LogP contribution in [0.4, 0.5) is 0 Å². The van der Waals surface area contributed by atoms with E-state index in [1.165, 1.54) is 6.07 Å². The van der Waals surface area contributed by atoms with Gasteiger partial charge in [-0.2, -0.15) is 0 Å². The largest absolute Gasteiger partial charge is 0.478 e. The van der Waals surface area contributed by atoms with Gasteiger partial charge in [0.15, 0.2) is 0 Å². The third-order valence-corrected chi connectivity index (χ3v) is 3.60. The summed E-state index contributed by atoms with van der Waals surface area (Å²) < 4.78 is 10.9. The fourth-order valence-corrected chi connectivity index (χ4v) is 2.28. The van der Waals surface area contributed by atoms with Gasteiger partial charge in [0.2, 0.25) is 0 Å². The molecule has 0 unspecified atom stereocenters. The first-order valence-electron chi connectivity index (χ1n) is 6.34. The molecule has 0 atom stereocenters. The molecule has 0 saturated carbocycles. The molecular formula is C14H17ClO4. The summed E-state index contributed by atoms with van der Waals surface area (Å²) >= 11 is 6.03. The SMILES string of the molecule is O=C(O)c1ccc(COCC2CCOCC2)c(Cl)c1. The smallest absolute Gasteiger partial charge is 0.335 e. The Morgan fingerprint density at radius 1 is 1.42 bits per heavy atom. The van der Waals surface area contributed by atoms with Gasteiger partial charge in [-0.05, 0) is 36.5 Å². The van der Waals surface area contributed by atoms with E-state index in [0.29, 0.717) is 24.2 Å². The van der Waals surface area contributed by atoms with Crippen molar-refractivity contribution < 1.29 is 19.4 Å². The zero-order chi connectivity index (χ0) is 13.7. The molecule has 104 valence electrons. The number of carbonyl (C=O) groups is 1. The Morgan fingerprint density at radius 2 is 2.16 bits per heavy atom. The van der Waals surface area contributed by atoms with Crippen LogP contribution in [0.5, 0.6) is 0 Å². The fraction of sp³-hybridized carbons (Fsp3) is 0.500. The Balaban J connectivity index is 1.83. The molecule has 0 radical (unpaired) electrons. The first kappa shape index (κ1) is 14.3. The van der Waals surface area contributed by atoms with Crippen LogP contribution >= 0.6 is 11.6 Å². The van der Waals surface area contributed by atoms with Crippen molar-refractivity contribution in [3.05, 3.63) is 34.3 Å². The highest BCUT2D eigenvalue weighted by molar-refractivity contribution is 6.31. The summed E-state index contributed by atoms with van der Waals surface area (Å²) in [5.74, 6) is -0.428. The molecule has 0 aliphatic carbocycles. The third-order valence-electron chi connectivity index (χ3n) is 3.25. The summed E-state index contributed by atoms with van der Waals surface area (Å²) in [7, 11) is 0. The van der Waals surface area contributed by atoms with Gasteiger partial charge in [-0.1, -0.05) is 17.7 Å². The van der Waals surface area contributed by atoms with Crippen LogP contribution in [0.2, 0.25) is 5.02 Å². The summed E-state index contributed by atoms with van der Waals surface area (Å²) in [4.78, 5) is 10.8. The van der Waals surface area contributed by atoms with E-state index in [-0.39, 0.29) is 5.56 Å². The van der Waals surface area contributed by atoms with Crippen molar-refractivity contribution in [3.63, 3.8) is 0 Å². The third kappa shape index (κ3) is 4.20. The van der Waals surface area contributed by atoms with Crippen LogP contribution in [0.3, 0.4) is 0 Å². The van der Waals surface area contributed by atoms with Crippen LogP contribution in [-0.2, 0) is 16.1 Å². The van der Waals surface area contributed by atoms with Gasteiger partial charge in [-0.15, -0.1) is 0 Å². The molecule has 1 N–H and O–H groups in total. The highest BCUT2D eigenvalue weighted by Crippen LogP contribution is 2.20. The molecule has 1 aliphatic heterocycles. The second-order valence-corrected chi connectivity index (χ2v) is 5.09. The first-order chi connectivity index (χ1) is 9.16. The maximum atomic E-state index is 10.8. The normalized spacial score (nSPS) is 16.5. The van der Waals surface area contributed by atoms with Crippen molar-refractivity contribution in [1.29, 1.82) is 0 Å². The second kappa shape index (κ2) is 6.89. The van der Waals surface area contributed by atoms with E-state index in [1.54, 1.807) is 12.1 Å². The monoisotopic (exact) mass is 284 g/mol. The lowest BCUT2D eigenvalue weighted by atomic mass is 10.0. The van der Waals surface area contributed by atoms with Crippen molar-refractivity contribution in [2.75, 3.05) is 19.8 Å². The molecule has 1 aliphatic rings. The molecule has 0 bridgehead atoms. The minimum absolute atomic E-state index is 0.193. The summed E-state index contributed by atoms with van der Waals surface area (Å²) in [5.41, 5.74) is 1.01. The number of hydrogen-bond acceptors (Lipinski definition) is 3. The molecule has 1 heterocycles. The molecular weight excluding hydrogens is 268 g/mol. The van der Waals surface area contributed by atoms with E-state index in [2.05, 4.69) is 0 Å². The van der Waals surface area contributed by atoms with Crippen LogP contribution in [0.15, 0.2) is 18.2 Å². The quantitative estimate of drug-likeness (QED) is 0.903. The number of carboxylic acid groups (broad SMARTS) is 1. The number of hydrogen-bond donors (Lipinski definition) is 1. The summed E-state index contributed by atoms with van der Waals surface area (Å²) in [6.45, 7) is 2.72. The minimum Gasteiger partial charge on any atom is -0.478 e. The van der Waals surface area contributed by atoms with E-state index in [1.807, 2.05) is 0 Å². The van der Waals surface area contributed by atoms with Crippen LogP contribution in [0.25, 0.3) is 0 Å². The van der Waals surface area contributed by atoms with Crippen LogP contribution in [0.1, 0.15) is 28.8 Å². The minimum atomic E-state index is -0.975. The lowest BCUT2D eigenvalue weighted by Gasteiger charge is -2.21. The van der Waals surface area contributed by atoms with Crippen molar-refractivity contribution in [2.45, 2.75) is 19.4 Å². The molecule has 0 aromatic heterocycles. The van der Waals surface area contributed by atoms with E-state index < -0.39 is 5.97 Å². The Kier molecular flexibility index (Phi) is 5.19. The number of carboxylic acids is 1. The van der Waals surface area contributed by atoms with Crippen LogP contribution < -0.4 is 0 Å². The first-order valence-corrected chi connectivity index (χ1v) is 6.72. The van der Waals surface area contributed by atoms with Gasteiger partial charge in [0.05, 0.1) is 18.8 Å². The van der Waals surface area contributed by atoms with Gasteiger partial charge in [-0.25, -0.2) is 4.79 Å². The summed E-state index contributed by atoms with van der Waals surface area (Å²) in [6, 6.07) is 4.70. The Bertz CT molecular complexity index is 441. The predicted molar refractivity (Wildman–Crippen MR) is 71.6 cm³/mol. The zero-order valence-corrected chi connectivity index (χ0v) is 11.4. The van der Waals surface area contributed by atoms with Crippen molar-refractivity contribution in [2.24, 2.45) is 5.92 Å². The van der Waals surface area contributed by atoms with Gasteiger partial charge in [-0.3, -0.25) is 0 Å². The molecule has 1 aromatic carbocycles. The Hall–Kier alpha value is -1.10. The molecule has 1 saturated heterocycles. The molecule has 1 fully saturated rings. The van der Waals surface area contributed by atoms with Crippen molar-refractivity contribution in [1.82, 2.24) is 0 Å². The predicted octanol–water partition coefficient (Wildman–Crippen LogP) is 2.98. The molecule has 1 aromatic rings. The Morgan fingerprint density at radius 3 is 2.79 bits per heavy atom. The average molecular weight is 285 g/mol. The maximum absolute atomic E-state index is 10.8. The van der Waals surface area contributed by atoms with Gasteiger partial charge >= 0.3 is 5.97 Å². The van der Waals surface area contributed by atoms with Crippen LogP contribution in [-0.4, -0.2) is 30.9 Å². The molecule has 4 nitrogen and oxygen atoms in total. The van der Waals surface area contributed by atoms with E-state index in [9.17, 15) is 4.79 Å². The molecule has 5 heteroatoms. The number of halogens is 1. The van der Waals surface area contributed by atoms with Crippen molar-refractivity contribution >= 4 is 17.6 Å². The van der Waals surface area contributed by atoms with Gasteiger partial charge < -0.3 is 14.6 Å². The number of rotatable bonds is 5. The average Bonchev–Trinajstić information content (AvgIpc) is 2.41. The molecule has 2 rings (SSSR count). The summed E-state index contributed by atoms with van der Waals surface area (Å²) in [6.07, 6.45) is 2.07. The Labute approximate surface area is 117 Å². The molecule has 19 heavy (non-hydrogen) atoms. The summed E-state index contributed by atoms with van der Waals surface area (Å²) in [5, 5.41) is 9.28. The van der Waals surface area contributed by atoms with E-state index in [4.69, 9.17) is 26.2 Å². The fourth-order valence-electron chi connectivity index (χ4n) is 2.05. The van der Waals surface area contributed by atoms with Gasteiger partial charge in [0.1, 0.15) is 0 Å². The molecule has 0 spiro atoms. The zero-order valence-electron chi connectivity index (χ0n) is 10.6. The number of benzene rings is 1. The topological polar surface area (TPSA) is 55.8 Å². The lowest BCUT2D eigenvalue weighted by molar-refractivity contribution is 0.0157. The van der Waals surface area contributed by atoms with E-state index in [0.717, 1.165) is 31.6 Å². The van der Waals surface area contributed by atoms with Crippen molar-refractivity contribution in [3.8, 4) is 0 Å². The lowest BCUT2D eigenvalue weighted by Crippen LogP contribution is -2.20. The van der Waals surface area contributed by atoms with E-state index >= 15 is 0 Å². The van der Waals surface area contributed by atoms with Crippen LogP contribution in [0, 0.1) is 5.92 Å². The van der Waals surface area contributed by atoms with Gasteiger partial charge in [0, 0.05) is 18.2 Å².